The summed E-state index contributed by atoms with van der Waals surface area (Å²) < 4.78 is 0. The second kappa shape index (κ2) is 5.28. The van der Waals surface area contributed by atoms with E-state index in [2.05, 4.69) is 44.3 Å². The Hall–Kier alpha value is -0.820. The summed E-state index contributed by atoms with van der Waals surface area (Å²) >= 11 is 0. The number of hydrogen-bond donors (Lipinski definition) is 1. The molecule has 19 heavy (non-hydrogen) atoms. The maximum atomic E-state index is 3.98. The highest BCUT2D eigenvalue weighted by atomic mass is 15.0. The first-order valence-electron chi connectivity index (χ1n) is 8.04. The zero-order chi connectivity index (χ0) is 13.4. The van der Waals surface area contributed by atoms with Crippen molar-refractivity contribution in [3.63, 3.8) is 0 Å². The Kier molecular flexibility index (Phi) is 3.66. The molecule has 3 rings (SSSR count). The number of nitrogens with one attached hydrogen (secondary N) is 1. The van der Waals surface area contributed by atoms with Crippen molar-refractivity contribution in [2.75, 3.05) is 0 Å². The van der Waals surface area contributed by atoms with Gasteiger partial charge >= 0.3 is 0 Å². The first kappa shape index (κ1) is 13.2. The number of rotatable bonds is 3. The third-order valence-electron chi connectivity index (χ3n) is 5.55. The second-order valence-electron chi connectivity index (χ2n) is 6.67. The fourth-order valence-corrected chi connectivity index (χ4v) is 4.21. The molecule has 0 amide bonds. The molecule has 0 saturated heterocycles. The van der Waals surface area contributed by atoms with Crippen LogP contribution in [0.1, 0.15) is 62.3 Å². The van der Waals surface area contributed by atoms with Gasteiger partial charge in [-0.25, -0.2) is 0 Å². The van der Waals surface area contributed by atoms with E-state index >= 15 is 0 Å². The largest absolute Gasteiger partial charge is 0.307 e. The lowest BCUT2D eigenvalue weighted by atomic mass is 9.93. The summed E-state index contributed by atoms with van der Waals surface area (Å²) in [5.41, 5.74) is 4.55. The van der Waals surface area contributed by atoms with E-state index in [1.54, 1.807) is 11.1 Å². The van der Waals surface area contributed by atoms with Gasteiger partial charge in [0, 0.05) is 12.1 Å². The second-order valence-corrected chi connectivity index (χ2v) is 6.67. The maximum absolute atomic E-state index is 3.98. The average Bonchev–Trinajstić information content (AvgIpc) is 2.95. The van der Waals surface area contributed by atoms with Crippen molar-refractivity contribution in [1.82, 2.24) is 5.32 Å². The number of hydrogen-bond acceptors (Lipinski definition) is 1. The monoisotopic (exact) mass is 257 g/mol. The molecule has 1 heteroatoms. The van der Waals surface area contributed by atoms with Gasteiger partial charge in [-0.2, -0.15) is 0 Å². The van der Waals surface area contributed by atoms with Crippen LogP contribution in [0.5, 0.6) is 0 Å². The minimum atomic E-state index is 0.609. The molecule has 2 aliphatic carbocycles. The molecule has 1 N–H and O–H groups in total. The van der Waals surface area contributed by atoms with Crippen LogP contribution in [0.2, 0.25) is 0 Å². The lowest BCUT2D eigenvalue weighted by Crippen LogP contribution is -2.35. The van der Waals surface area contributed by atoms with E-state index in [9.17, 15) is 0 Å². The van der Waals surface area contributed by atoms with Gasteiger partial charge in [0.25, 0.3) is 0 Å². The standard InChI is InChI=1S/C18H27N/c1-4-14-7-9-17(13(14)3)19-18-10-8-15-6-5-12(2)11-16(15)18/h5-6,11,13-14,17-19H,4,7-10H2,1-3H3. The highest BCUT2D eigenvalue weighted by Gasteiger charge is 2.34. The van der Waals surface area contributed by atoms with Crippen LogP contribution in [0.25, 0.3) is 0 Å². The van der Waals surface area contributed by atoms with E-state index in [0.717, 1.165) is 17.9 Å². The molecule has 0 aliphatic heterocycles. The third kappa shape index (κ3) is 2.45. The minimum absolute atomic E-state index is 0.609. The van der Waals surface area contributed by atoms with Crippen LogP contribution in [0.15, 0.2) is 18.2 Å². The first-order valence-corrected chi connectivity index (χ1v) is 8.04. The van der Waals surface area contributed by atoms with Crippen LogP contribution in [0.4, 0.5) is 0 Å². The lowest BCUT2D eigenvalue weighted by Gasteiger charge is -2.25. The minimum Gasteiger partial charge on any atom is -0.307 e. The molecule has 2 aliphatic rings. The van der Waals surface area contributed by atoms with Gasteiger partial charge in [-0.15, -0.1) is 0 Å². The van der Waals surface area contributed by atoms with Crippen LogP contribution < -0.4 is 5.32 Å². The summed E-state index contributed by atoms with van der Waals surface area (Å²) in [6.07, 6.45) is 6.68. The maximum Gasteiger partial charge on any atom is 0.0328 e. The number of fused-ring (bicyclic) bond motifs is 1. The van der Waals surface area contributed by atoms with Gasteiger partial charge in [-0.05, 0) is 55.6 Å². The summed E-state index contributed by atoms with van der Waals surface area (Å²) in [5, 5.41) is 3.98. The normalized spacial score (nSPS) is 33.6. The van der Waals surface area contributed by atoms with Crippen molar-refractivity contribution >= 4 is 0 Å². The average molecular weight is 257 g/mol. The molecule has 1 nitrogen and oxygen atoms in total. The van der Waals surface area contributed by atoms with E-state index in [1.165, 1.54) is 37.7 Å². The van der Waals surface area contributed by atoms with Crippen molar-refractivity contribution < 1.29 is 0 Å². The summed E-state index contributed by atoms with van der Waals surface area (Å²) in [4.78, 5) is 0. The molecular formula is C18H27N. The van der Waals surface area contributed by atoms with Gasteiger partial charge in [0.05, 0.1) is 0 Å². The molecule has 1 saturated carbocycles. The van der Waals surface area contributed by atoms with Crippen molar-refractivity contribution in [2.45, 2.75) is 65.0 Å². The van der Waals surface area contributed by atoms with Gasteiger partial charge in [0.1, 0.15) is 0 Å². The first-order chi connectivity index (χ1) is 9.19. The molecular weight excluding hydrogens is 230 g/mol. The highest BCUT2D eigenvalue weighted by Crippen LogP contribution is 2.38. The Morgan fingerprint density at radius 2 is 2.05 bits per heavy atom. The predicted molar refractivity (Wildman–Crippen MR) is 81.3 cm³/mol. The van der Waals surface area contributed by atoms with Gasteiger partial charge in [0.2, 0.25) is 0 Å². The molecule has 1 fully saturated rings. The lowest BCUT2D eigenvalue weighted by molar-refractivity contribution is 0.320. The molecule has 4 unspecified atom stereocenters. The van der Waals surface area contributed by atoms with Gasteiger partial charge in [-0.1, -0.05) is 44.0 Å². The molecule has 1 aromatic carbocycles. The number of aryl methyl sites for hydroxylation is 2. The molecule has 0 radical (unpaired) electrons. The van der Waals surface area contributed by atoms with Gasteiger partial charge < -0.3 is 5.32 Å². The van der Waals surface area contributed by atoms with Gasteiger partial charge in [-0.3, -0.25) is 0 Å². The van der Waals surface area contributed by atoms with Crippen LogP contribution in [-0.4, -0.2) is 6.04 Å². The predicted octanol–water partition coefficient (Wildman–Crippen LogP) is 4.40. The zero-order valence-corrected chi connectivity index (χ0v) is 12.6. The van der Waals surface area contributed by atoms with Gasteiger partial charge in [0.15, 0.2) is 0 Å². The summed E-state index contributed by atoms with van der Waals surface area (Å²) in [7, 11) is 0. The Morgan fingerprint density at radius 3 is 2.79 bits per heavy atom. The van der Waals surface area contributed by atoms with Crippen LogP contribution in [0, 0.1) is 18.8 Å². The van der Waals surface area contributed by atoms with Crippen LogP contribution in [-0.2, 0) is 6.42 Å². The quantitative estimate of drug-likeness (QED) is 0.846. The Bertz CT molecular complexity index is 451. The Morgan fingerprint density at radius 1 is 1.21 bits per heavy atom. The molecule has 0 aromatic heterocycles. The number of benzene rings is 1. The third-order valence-corrected chi connectivity index (χ3v) is 5.55. The zero-order valence-electron chi connectivity index (χ0n) is 12.6. The molecule has 104 valence electrons. The smallest absolute Gasteiger partial charge is 0.0328 e. The topological polar surface area (TPSA) is 12.0 Å². The van der Waals surface area contributed by atoms with Crippen LogP contribution >= 0.6 is 0 Å². The summed E-state index contributed by atoms with van der Waals surface area (Å²) in [6.45, 7) is 7.00. The fraction of sp³-hybridized carbons (Fsp3) is 0.667. The van der Waals surface area contributed by atoms with Crippen molar-refractivity contribution in [3.05, 3.63) is 34.9 Å². The van der Waals surface area contributed by atoms with E-state index in [0.29, 0.717) is 6.04 Å². The molecule has 0 spiro atoms. The van der Waals surface area contributed by atoms with E-state index in [1.807, 2.05) is 0 Å². The van der Waals surface area contributed by atoms with Crippen molar-refractivity contribution in [1.29, 1.82) is 0 Å². The van der Waals surface area contributed by atoms with Crippen LogP contribution in [0.3, 0.4) is 0 Å². The molecule has 0 heterocycles. The fourth-order valence-electron chi connectivity index (χ4n) is 4.21. The molecule has 0 bridgehead atoms. The van der Waals surface area contributed by atoms with E-state index in [-0.39, 0.29) is 0 Å². The SMILES string of the molecule is CCC1CCC(NC2CCc3ccc(C)cc32)C1C. The van der Waals surface area contributed by atoms with Crippen molar-refractivity contribution in [2.24, 2.45) is 11.8 Å². The highest BCUT2D eigenvalue weighted by molar-refractivity contribution is 5.37. The summed E-state index contributed by atoms with van der Waals surface area (Å²) in [6, 6.07) is 8.34. The Labute approximate surface area is 117 Å². The molecule has 4 atom stereocenters. The van der Waals surface area contributed by atoms with Crippen molar-refractivity contribution in [3.8, 4) is 0 Å². The van der Waals surface area contributed by atoms with E-state index < -0.39 is 0 Å². The Balaban J connectivity index is 1.71. The molecule has 1 aromatic rings. The summed E-state index contributed by atoms with van der Waals surface area (Å²) in [5.74, 6) is 1.79. The van der Waals surface area contributed by atoms with E-state index in [4.69, 9.17) is 0 Å².